The van der Waals surface area contributed by atoms with Gasteiger partial charge in [0.1, 0.15) is 5.82 Å². The lowest BCUT2D eigenvalue weighted by Gasteiger charge is -2.16. The maximum absolute atomic E-state index is 14.6. The van der Waals surface area contributed by atoms with Gasteiger partial charge >= 0.3 is 5.97 Å². The van der Waals surface area contributed by atoms with Crippen LogP contribution in [0.4, 0.5) is 4.39 Å². The summed E-state index contributed by atoms with van der Waals surface area (Å²) in [6, 6.07) is 3.41. The number of aryl methyl sites for hydroxylation is 1. The molecule has 0 atom stereocenters. The largest absolute Gasteiger partial charge is 0.478 e. The van der Waals surface area contributed by atoms with E-state index in [1.807, 2.05) is 20.8 Å². The Bertz CT molecular complexity index is 1080. The predicted molar refractivity (Wildman–Crippen MR) is 101 cm³/mol. The van der Waals surface area contributed by atoms with Crippen molar-refractivity contribution in [2.75, 3.05) is 0 Å². The monoisotopic (exact) mass is 368 g/mol. The Morgan fingerprint density at radius 3 is 2.26 bits per heavy atom. The molecule has 5 nitrogen and oxygen atoms in total. The molecule has 1 N–H and O–H groups in total. The first-order valence-electron chi connectivity index (χ1n) is 8.58. The lowest BCUT2D eigenvalue weighted by molar-refractivity contribution is 0.0695. The van der Waals surface area contributed by atoms with E-state index in [2.05, 4.69) is 10.1 Å². The fourth-order valence-electron chi connectivity index (χ4n) is 3.38. The Morgan fingerprint density at radius 2 is 1.63 bits per heavy atom. The minimum absolute atomic E-state index is 0.0690. The lowest BCUT2D eigenvalue weighted by Crippen LogP contribution is -2.09. The summed E-state index contributed by atoms with van der Waals surface area (Å²) in [5, 5.41) is 13.6. The number of hydrogen-bond donors (Lipinski definition) is 1. The molecule has 140 valence electrons. The van der Waals surface area contributed by atoms with Gasteiger partial charge in [-0.3, -0.25) is 0 Å². The molecule has 0 radical (unpaired) electrons. The van der Waals surface area contributed by atoms with Crippen LogP contribution in [0.2, 0.25) is 0 Å². The number of aromatic carboxylic acids is 1. The number of aromatic nitrogens is 2. The summed E-state index contributed by atoms with van der Waals surface area (Å²) in [6.45, 7) is 10.8. The van der Waals surface area contributed by atoms with Gasteiger partial charge in [0.2, 0.25) is 5.82 Å². The molecule has 0 aliphatic heterocycles. The number of halogens is 1. The molecule has 0 aliphatic rings. The van der Waals surface area contributed by atoms with Crippen LogP contribution in [0, 0.1) is 47.4 Å². The maximum Gasteiger partial charge on any atom is 0.336 e. The smallest absolute Gasteiger partial charge is 0.336 e. The van der Waals surface area contributed by atoms with Gasteiger partial charge in [0.15, 0.2) is 0 Å². The van der Waals surface area contributed by atoms with Crippen LogP contribution in [0.5, 0.6) is 0 Å². The van der Waals surface area contributed by atoms with Crippen LogP contribution >= 0.6 is 0 Å². The Hall–Kier alpha value is -3.02. The second-order valence-corrected chi connectivity index (χ2v) is 6.85. The van der Waals surface area contributed by atoms with Gasteiger partial charge in [-0.05, 0) is 81.0 Å². The molecule has 3 aromatic rings. The summed E-state index contributed by atoms with van der Waals surface area (Å²) in [5.74, 6) is -1.08. The zero-order valence-corrected chi connectivity index (χ0v) is 16.2. The van der Waals surface area contributed by atoms with Crippen molar-refractivity contribution in [1.29, 1.82) is 0 Å². The average Bonchev–Trinajstić information content (AvgIpc) is 3.07. The predicted octanol–water partition coefficient (Wildman–Crippen LogP) is 5.09. The molecule has 2 aromatic carbocycles. The van der Waals surface area contributed by atoms with Gasteiger partial charge in [0.25, 0.3) is 5.89 Å². The van der Waals surface area contributed by atoms with Crippen molar-refractivity contribution in [3.8, 4) is 22.8 Å². The summed E-state index contributed by atoms with van der Waals surface area (Å²) in [6.07, 6.45) is 0. The molecule has 1 aromatic heterocycles. The van der Waals surface area contributed by atoms with E-state index in [9.17, 15) is 14.3 Å². The number of carbonyl (C=O) groups is 1. The Balaban J connectivity index is 2.22. The second kappa shape index (κ2) is 6.61. The van der Waals surface area contributed by atoms with Gasteiger partial charge in [0, 0.05) is 5.56 Å². The van der Waals surface area contributed by atoms with Crippen LogP contribution in [0.1, 0.15) is 43.7 Å². The normalized spacial score (nSPS) is 11.1. The van der Waals surface area contributed by atoms with Gasteiger partial charge in [-0.25, -0.2) is 9.18 Å². The van der Waals surface area contributed by atoms with E-state index < -0.39 is 11.8 Å². The van der Waals surface area contributed by atoms with Gasteiger partial charge < -0.3 is 9.63 Å². The highest BCUT2D eigenvalue weighted by Crippen LogP contribution is 2.34. The molecule has 0 unspecified atom stereocenters. The summed E-state index contributed by atoms with van der Waals surface area (Å²) in [7, 11) is 0. The molecule has 0 spiro atoms. The number of rotatable bonds is 3. The minimum atomic E-state index is -1.00. The van der Waals surface area contributed by atoms with E-state index in [1.165, 1.54) is 0 Å². The van der Waals surface area contributed by atoms with Crippen LogP contribution in [0.25, 0.3) is 22.8 Å². The number of hydrogen-bond acceptors (Lipinski definition) is 4. The molecule has 0 bridgehead atoms. The van der Waals surface area contributed by atoms with Crippen molar-refractivity contribution in [3.63, 3.8) is 0 Å². The first kappa shape index (κ1) is 18.8. The number of nitrogens with zero attached hydrogens (tertiary/aromatic N) is 2. The Kier molecular flexibility index (Phi) is 4.59. The third-order valence-electron chi connectivity index (χ3n) is 5.38. The second-order valence-electron chi connectivity index (χ2n) is 6.85. The molecule has 0 fully saturated rings. The van der Waals surface area contributed by atoms with Crippen LogP contribution in [-0.2, 0) is 0 Å². The highest BCUT2D eigenvalue weighted by molar-refractivity contribution is 5.94. The fraction of sp³-hybridized carbons (Fsp3) is 0.286. The molecule has 0 aliphatic carbocycles. The minimum Gasteiger partial charge on any atom is -0.478 e. The van der Waals surface area contributed by atoms with Crippen LogP contribution in [-0.4, -0.2) is 21.2 Å². The molecule has 6 heteroatoms. The molecule has 3 rings (SSSR count). The molecule has 0 saturated heterocycles. The summed E-state index contributed by atoms with van der Waals surface area (Å²) in [4.78, 5) is 16.1. The van der Waals surface area contributed by atoms with Crippen molar-refractivity contribution in [2.45, 2.75) is 41.5 Å². The zero-order chi connectivity index (χ0) is 20.0. The zero-order valence-electron chi connectivity index (χ0n) is 16.2. The summed E-state index contributed by atoms with van der Waals surface area (Å²) < 4.78 is 19.9. The first-order valence-corrected chi connectivity index (χ1v) is 8.58. The molecular weight excluding hydrogens is 347 g/mol. The third-order valence-corrected chi connectivity index (χ3v) is 5.38. The van der Waals surface area contributed by atoms with E-state index in [0.717, 1.165) is 16.7 Å². The fourth-order valence-corrected chi connectivity index (χ4v) is 3.38. The van der Waals surface area contributed by atoms with E-state index >= 15 is 0 Å². The van der Waals surface area contributed by atoms with Crippen molar-refractivity contribution in [3.05, 3.63) is 56.9 Å². The Morgan fingerprint density at radius 1 is 0.963 bits per heavy atom. The molecular formula is C21H21FN2O3. The van der Waals surface area contributed by atoms with Crippen molar-refractivity contribution >= 4 is 5.97 Å². The SMILES string of the molecule is Cc1ccc(-c2nc(-c3c(C)c(C)c(C)c(C(=O)O)c3C)no2)c(F)c1C. The maximum atomic E-state index is 14.6. The lowest BCUT2D eigenvalue weighted by atomic mass is 9.88. The van der Waals surface area contributed by atoms with Crippen molar-refractivity contribution < 1.29 is 18.8 Å². The van der Waals surface area contributed by atoms with Gasteiger partial charge in [-0.15, -0.1) is 0 Å². The van der Waals surface area contributed by atoms with E-state index in [1.54, 1.807) is 32.9 Å². The molecule has 1 heterocycles. The first-order chi connectivity index (χ1) is 12.6. The van der Waals surface area contributed by atoms with E-state index in [0.29, 0.717) is 22.3 Å². The molecule has 0 saturated carbocycles. The third kappa shape index (κ3) is 2.91. The number of carboxylic acid groups (broad SMARTS) is 1. The van der Waals surface area contributed by atoms with Crippen LogP contribution < -0.4 is 0 Å². The van der Waals surface area contributed by atoms with Gasteiger partial charge in [-0.1, -0.05) is 11.2 Å². The van der Waals surface area contributed by atoms with Gasteiger partial charge in [-0.2, -0.15) is 4.98 Å². The van der Waals surface area contributed by atoms with Crippen molar-refractivity contribution in [2.24, 2.45) is 0 Å². The van der Waals surface area contributed by atoms with Crippen LogP contribution in [0.15, 0.2) is 16.7 Å². The van der Waals surface area contributed by atoms with Crippen molar-refractivity contribution in [1.82, 2.24) is 10.1 Å². The molecule has 0 amide bonds. The summed E-state index contributed by atoms with van der Waals surface area (Å²) >= 11 is 0. The average molecular weight is 368 g/mol. The van der Waals surface area contributed by atoms with Gasteiger partial charge in [0.05, 0.1) is 11.1 Å². The number of benzene rings is 2. The molecule has 27 heavy (non-hydrogen) atoms. The topological polar surface area (TPSA) is 76.2 Å². The highest BCUT2D eigenvalue weighted by atomic mass is 19.1. The highest BCUT2D eigenvalue weighted by Gasteiger charge is 2.24. The number of carboxylic acids is 1. The Labute approximate surface area is 156 Å². The van der Waals surface area contributed by atoms with E-state index in [-0.39, 0.29) is 22.8 Å². The van der Waals surface area contributed by atoms with Crippen LogP contribution in [0.3, 0.4) is 0 Å². The quantitative estimate of drug-likeness (QED) is 0.697. The van der Waals surface area contributed by atoms with E-state index in [4.69, 9.17) is 4.52 Å². The standard InChI is InChI=1S/C21H21FN2O3/c1-9-7-8-15(18(22)10(9)2)20-23-19(24-27-20)16-12(4)11(3)13(5)17(14(16)6)21(25)26/h7-8H,1-6H3,(H,25,26). The summed E-state index contributed by atoms with van der Waals surface area (Å²) in [5.41, 5.74) is 5.45.